The molecule has 2 aromatic heterocycles. The first-order valence-electron chi connectivity index (χ1n) is 6.22. The second-order valence-electron chi connectivity index (χ2n) is 4.38. The average Bonchev–Trinajstić information content (AvgIpc) is 3.20. The number of nitrogens with zero attached hydrogens (tertiary/aromatic N) is 3. The molecule has 0 aliphatic heterocycles. The Morgan fingerprint density at radius 3 is 2.68 bits per heavy atom. The summed E-state index contributed by atoms with van der Waals surface area (Å²) in [5.41, 5.74) is 3.50. The molecule has 0 N–H and O–H groups in total. The number of hydrogen-bond acceptors (Lipinski definition) is 6. The largest absolute Gasteiger partial charge is 0.290 e. The van der Waals surface area contributed by atoms with Gasteiger partial charge in [-0.3, -0.25) is 4.79 Å². The minimum Gasteiger partial charge on any atom is -0.290 e. The fourth-order valence-electron chi connectivity index (χ4n) is 1.88. The van der Waals surface area contributed by atoms with Crippen molar-refractivity contribution in [3.05, 3.63) is 56.3 Å². The zero-order chi connectivity index (χ0) is 15.5. The monoisotopic (exact) mass is 345 g/mol. The zero-order valence-electron chi connectivity index (χ0n) is 11.1. The fraction of sp³-hybridized carbons (Fsp3) is 0.0667. The lowest BCUT2D eigenvalue weighted by Gasteiger charge is -2.02. The quantitative estimate of drug-likeness (QED) is 0.657. The Morgan fingerprint density at radius 2 is 2.05 bits per heavy atom. The second kappa shape index (κ2) is 6.36. The van der Waals surface area contributed by atoms with E-state index >= 15 is 0 Å². The van der Waals surface area contributed by atoms with E-state index in [0.717, 1.165) is 11.3 Å². The average molecular weight is 346 g/mol. The lowest BCUT2D eigenvalue weighted by atomic mass is 10.0. The number of aromatic nitrogens is 2. The van der Waals surface area contributed by atoms with Crippen LogP contribution in [0.15, 0.2) is 40.5 Å². The van der Waals surface area contributed by atoms with Crippen LogP contribution in [-0.2, 0) is 0 Å². The molecule has 1 atom stereocenters. The van der Waals surface area contributed by atoms with Crippen molar-refractivity contribution in [2.24, 2.45) is 0 Å². The zero-order valence-corrected chi connectivity index (χ0v) is 13.5. The highest BCUT2D eigenvalue weighted by molar-refractivity contribution is 7.10. The van der Waals surface area contributed by atoms with E-state index < -0.39 is 5.92 Å². The van der Waals surface area contributed by atoms with Gasteiger partial charge in [0, 0.05) is 21.3 Å². The van der Waals surface area contributed by atoms with Crippen LogP contribution in [0, 0.1) is 11.3 Å². The Kier molecular flexibility index (Phi) is 4.29. The van der Waals surface area contributed by atoms with Crippen molar-refractivity contribution < 1.29 is 4.79 Å². The predicted octanol–water partition coefficient (Wildman–Crippen LogP) is 4.41. The fourth-order valence-corrected chi connectivity index (χ4v) is 3.42. The normalized spacial score (nSPS) is 11.8. The number of rotatable bonds is 4. The van der Waals surface area contributed by atoms with Gasteiger partial charge in [-0.2, -0.15) is 5.26 Å². The van der Waals surface area contributed by atoms with Gasteiger partial charge >= 0.3 is 0 Å². The van der Waals surface area contributed by atoms with Crippen LogP contribution >= 0.6 is 34.3 Å². The van der Waals surface area contributed by atoms with E-state index in [0.29, 0.717) is 15.7 Å². The van der Waals surface area contributed by atoms with Gasteiger partial charge in [-0.15, -0.1) is 22.7 Å². The maximum absolute atomic E-state index is 12.3. The first kappa shape index (κ1) is 14.9. The number of carbonyl (C=O) groups is 1. The number of halogens is 1. The van der Waals surface area contributed by atoms with Crippen LogP contribution in [0.3, 0.4) is 0 Å². The molecule has 0 amide bonds. The number of Topliss-reactive ketones (excluding diaryl/α,β-unsaturated/α-hetero) is 1. The highest BCUT2D eigenvalue weighted by Crippen LogP contribution is 2.29. The highest BCUT2D eigenvalue weighted by Gasteiger charge is 2.26. The SMILES string of the molecule is N#C[C@@H](C(=O)c1cscn1)c1nc(-c2ccc(Cl)cc2)cs1. The standard InChI is InChI=1S/C15H8ClN3OS2/c16-10-3-1-9(2-4-10)12-7-22-15(19-12)11(5-17)14(20)13-6-21-8-18-13/h1-4,6-8,11H/t11-/m0/s1. The van der Waals surface area contributed by atoms with E-state index in [1.807, 2.05) is 23.6 Å². The number of benzene rings is 1. The summed E-state index contributed by atoms with van der Waals surface area (Å²) in [5, 5.41) is 13.9. The lowest BCUT2D eigenvalue weighted by Crippen LogP contribution is -2.11. The van der Waals surface area contributed by atoms with Crippen LogP contribution in [0.4, 0.5) is 0 Å². The van der Waals surface area contributed by atoms with Gasteiger partial charge in [0.1, 0.15) is 10.7 Å². The molecule has 0 fully saturated rings. The van der Waals surface area contributed by atoms with Crippen molar-refractivity contribution in [1.82, 2.24) is 9.97 Å². The van der Waals surface area contributed by atoms with Crippen LogP contribution in [0.2, 0.25) is 5.02 Å². The molecule has 7 heteroatoms. The van der Waals surface area contributed by atoms with Gasteiger partial charge in [-0.1, -0.05) is 23.7 Å². The third kappa shape index (κ3) is 2.92. The molecule has 108 valence electrons. The molecule has 2 heterocycles. The molecule has 1 aromatic carbocycles. The van der Waals surface area contributed by atoms with E-state index in [1.54, 1.807) is 23.0 Å². The van der Waals surface area contributed by atoms with Crippen molar-refractivity contribution in [2.75, 3.05) is 0 Å². The number of hydrogen-bond donors (Lipinski definition) is 0. The molecule has 0 bridgehead atoms. The topological polar surface area (TPSA) is 66.6 Å². The lowest BCUT2D eigenvalue weighted by molar-refractivity contribution is 0.0974. The molecule has 3 aromatic rings. The molecule has 0 spiro atoms. The summed E-state index contributed by atoms with van der Waals surface area (Å²) in [5.74, 6) is -1.24. The maximum atomic E-state index is 12.3. The summed E-state index contributed by atoms with van der Waals surface area (Å²) in [6.07, 6.45) is 0. The molecule has 0 radical (unpaired) electrons. The third-order valence-electron chi connectivity index (χ3n) is 2.98. The summed E-state index contributed by atoms with van der Waals surface area (Å²) < 4.78 is 0. The molecular formula is C15H8ClN3OS2. The van der Waals surface area contributed by atoms with Gasteiger partial charge in [0.2, 0.25) is 5.78 Å². The van der Waals surface area contributed by atoms with Gasteiger partial charge in [0.15, 0.2) is 5.92 Å². The first-order chi connectivity index (χ1) is 10.7. The molecule has 3 rings (SSSR count). The highest BCUT2D eigenvalue weighted by atomic mass is 35.5. The van der Waals surface area contributed by atoms with E-state index in [-0.39, 0.29) is 5.78 Å². The summed E-state index contributed by atoms with van der Waals surface area (Å²) in [7, 11) is 0. The number of ketones is 1. The van der Waals surface area contributed by atoms with Crippen molar-refractivity contribution in [3.63, 3.8) is 0 Å². The smallest absolute Gasteiger partial charge is 0.206 e. The van der Waals surface area contributed by atoms with Crippen LogP contribution in [-0.4, -0.2) is 15.8 Å². The predicted molar refractivity (Wildman–Crippen MR) is 87.4 cm³/mol. The van der Waals surface area contributed by atoms with Gasteiger partial charge < -0.3 is 0 Å². The molecule has 0 saturated carbocycles. The molecule has 0 aliphatic rings. The molecule has 0 saturated heterocycles. The number of carbonyl (C=O) groups excluding carboxylic acids is 1. The molecule has 22 heavy (non-hydrogen) atoms. The number of thiazole rings is 2. The Bertz CT molecular complexity index is 835. The third-order valence-corrected chi connectivity index (χ3v) is 4.73. The Morgan fingerprint density at radius 1 is 1.27 bits per heavy atom. The summed E-state index contributed by atoms with van der Waals surface area (Å²) in [6.45, 7) is 0. The summed E-state index contributed by atoms with van der Waals surface area (Å²) in [4.78, 5) is 20.7. The van der Waals surface area contributed by atoms with E-state index in [9.17, 15) is 10.1 Å². The molecule has 0 aliphatic carbocycles. The molecule has 0 unspecified atom stereocenters. The minimum absolute atomic E-state index is 0.305. The first-order valence-corrected chi connectivity index (χ1v) is 8.42. The number of nitriles is 1. The van der Waals surface area contributed by atoms with E-state index in [1.165, 1.54) is 22.7 Å². The van der Waals surface area contributed by atoms with E-state index in [2.05, 4.69) is 9.97 Å². The summed E-state index contributed by atoms with van der Waals surface area (Å²) >= 11 is 8.48. The molecular weight excluding hydrogens is 338 g/mol. The minimum atomic E-state index is -0.923. The maximum Gasteiger partial charge on any atom is 0.206 e. The van der Waals surface area contributed by atoms with Crippen LogP contribution in [0.25, 0.3) is 11.3 Å². The van der Waals surface area contributed by atoms with Gasteiger partial charge in [0.05, 0.1) is 17.3 Å². The Hall–Kier alpha value is -2.07. The van der Waals surface area contributed by atoms with Gasteiger partial charge in [-0.25, -0.2) is 9.97 Å². The Balaban J connectivity index is 1.90. The van der Waals surface area contributed by atoms with Crippen LogP contribution in [0.1, 0.15) is 21.4 Å². The van der Waals surface area contributed by atoms with Crippen molar-refractivity contribution >= 4 is 40.1 Å². The van der Waals surface area contributed by atoms with Crippen LogP contribution in [0.5, 0.6) is 0 Å². The van der Waals surface area contributed by atoms with Gasteiger partial charge in [0.25, 0.3) is 0 Å². The molecule has 4 nitrogen and oxygen atoms in total. The van der Waals surface area contributed by atoms with Gasteiger partial charge in [-0.05, 0) is 12.1 Å². The van der Waals surface area contributed by atoms with E-state index in [4.69, 9.17) is 11.6 Å². The second-order valence-corrected chi connectivity index (χ2v) is 6.42. The van der Waals surface area contributed by atoms with Crippen molar-refractivity contribution in [1.29, 1.82) is 5.26 Å². The van der Waals surface area contributed by atoms with Crippen LogP contribution < -0.4 is 0 Å². The van der Waals surface area contributed by atoms with Crippen molar-refractivity contribution in [3.8, 4) is 17.3 Å². The summed E-state index contributed by atoms with van der Waals surface area (Å²) in [6, 6.07) is 9.28. The Labute approximate surface area is 139 Å². The van der Waals surface area contributed by atoms with Crippen molar-refractivity contribution in [2.45, 2.75) is 5.92 Å².